The van der Waals surface area contributed by atoms with Crippen LogP contribution in [-0.4, -0.2) is 60.9 Å². The van der Waals surface area contributed by atoms with Gasteiger partial charge in [0.15, 0.2) is 0 Å². The summed E-state index contributed by atoms with van der Waals surface area (Å²) >= 11 is 0. The van der Waals surface area contributed by atoms with E-state index < -0.39 is 23.0 Å². The number of halogens is 4. The molecule has 9 heteroatoms. The lowest BCUT2D eigenvalue weighted by Gasteiger charge is -2.38. The smallest absolute Gasteiger partial charge is 0.359 e. The van der Waals surface area contributed by atoms with E-state index in [4.69, 9.17) is 0 Å². The molecule has 178 valence electrons. The predicted molar refractivity (Wildman–Crippen MR) is 112 cm³/mol. The summed E-state index contributed by atoms with van der Waals surface area (Å²) in [5.74, 6) is -1.34. The normalized spacial score (nSPS) is 20.4. The summed E-state index contributed by atoms with van der Waals surface area (Å²) in [5, 5.41) is 2.62. The van der Waals surface area contributed by atoms with Crippen molar-refractivity contribution in [3.8, 4) is 0 Å². The molecule has 5 nitrogen and oxygen atoms in total. The lowest BCUT2D eigenvalue weighted by Crippen LogP contribution is -2.47. The second kappa shape index (κ2) is 9.77. The first-order chi connectivity index (χ1) is 15.0. The number of alkyl halides is 3. The SMILES string of the molecule is CNC(=O)C(C)(CCN1CCC(N2CCCC2=O)CC1)Cc1ccc(F)c(C(F)(F)F)c1. The zero-order valence-corrected chi connectivity index (χ0v) is 18.6. The highest BCUT2D eigenvalue weighted by atomic mass is 19.4. The summed E-state index contributed by atoms with van der Waals surface area (Å²) < 4.78 is 52.9. The molecular weight excluding hydrogens is 426 g/mol. The van der Waals surface area contributed by atoms with E-state index >= 15 is 0 Å². The average molecular weight is 458 g/mol. The van der Waals surface area contributed by atoms with Crippen LogP contribution in [0.2, 0.25) is 0 Å². The predicted octanol–water partition coefficient (Wildman–Crippen LogP) is 3.62. The number of piperidine rings is 1. The first-order valence-corrected chi connectivity index (χ1v) is 11.1. The van der Waals surface area contributed by atoms with E-state index in [0.29, 0.717) is 19.4 Å². The third-order valence-electron chi connectivity index (χ3n) is 6.79. The van der Waals surface area contributed by atoms with Crippen molar-refractivity contribution in [2.45, 2.75) is 57.7 Å². The highest BCUT2D eigenvalue weighted by Crippen LogP contribution is 2.35. The van der Waals surface area contributed by atoms with Gasteiger partial charge < -0.3 is 15.1 Å². The maximum Gasteiger partial charge on any atom is 0.419 e. The molecular formula is C23H31F4N3O2. The Balaban J connectivity index is 1.63. The van der Waals surface area contributed by atoms with Crippen molar-refractivity contribution >= 4 is 11.8 Å². The van der Waals surface area contributed by atoms with Crippen molar-refractivity contribution in [2.75, 3.05) is 33.2 Å². The van der Waals surface area contributed by atoms with Crippen molar-refractivity contribution in [2.24, 2.45) is 5.41 Å². The summed E-state index contributed by atoms with van der Waals surface area (Å²) in [4.78, 5) is 28.9. The minimum Gasteiger partial charge on any atom is -0.359 e. The quantitative estimate of drug-likeness (QED) is 0.637. The fourth-order valence-corrected chi connectivity index (χ4v) is 4.85. The summed E-state index contributed by atoms with van der Waals surface area (Å²) in [5.41, 5.74) is -1.97. The van der Waals surface area contributed by atoms with E-state index in [1.165, 1.54) is 13.1 Å². The van der Waals surface area contributed by atoms with Gasteiger partial charge in [0.05, 0.1) is 11.0 Å². The van der Waals surface area contributed by atoms with Gasteiger partial charge in [0.2, 0.25) is 11.8 Å². The number of hydrogen-bond acceptors (Lipinski definition) is 3. The van der Waals surface area contributed by atoms with Crippen LogP contribution in [0.4, 0.5) is 17.6 Å². The van der Waals surface area contributed by atoms with Crippen molar-refractivity contribution in [1.29, 1.82) is 0 Å². The van der Waals surface area contributed by atoms with E-state index in [2.05, 4.69) is 10.2 Å². The molecule has 2 aliphatic heterocycles. The van der Waals surface area contributed by atoms with Crippen LogP contribution in [-0.2, 0) is 22.2 Å². The number of likely N-dealkylation sites (tertiary alicyclic amines) is 2. The van der Waals surface area contributed by atoms with Gasteiger partial charge in [-0.05, 0) is 56.3 Å². The van der Waals surface area contributed by atoms with Crippen LogP contribution >= 0.6 is 0 Å². The zero-order valence-electron chi connectivity index (χ0n) is 18.6. The first-order valence-electron chi connectivity index (χ1n) is 11.1. The standard InChI is InChI=1S/C23H31F4N3O2/c1-22(21(32)28-2,15-16-5-6-19(24)18(14-16)23(25,26)27)9-13-29-11-7-17(8-12-29)30-10-3-4-20(30)31/h5-6,14,17H,3-4,7-13,15H2,1-2H3,(H,28,32). The molecule has 1 unspecified atom stereocenters. The molecule has 1 aromatic carbocycles. The van der Waals surface area contributed by atoms with Crippen molar-refractivity contribution in [3.63, 3.8) is 0 Å². The molecule has 0 spiro atoms. The van der Waals surface area contributed by atoms with E-state index in [9.17, 15) is 27.2 Å². The minimum atomic E-state index is -4.79. The number of benzene rings is 1. The molecule has 1 atom stereocenters. The van der Waals surface area contributed by atoms with E-state index in [1.54, 1.807) is 6.92 Å². The molecule has 0 aromatic heterocycles. The summed E-state index contributed by atoms with van der Waals surface area (Å²) in [6.45, 7) is 4.81. The number of rotatable bonds is 7. The second-order valence-corrected chi connectivity index (χ2v) is 9.14. The van der Waals surface area contributed by atoms with E-state index in [1.807, 2.05) is 4.90 Å². The van der Waals surface area contributed by atoms with Gasteiger partial charge >= 0.3 is 6.18 Å². The fraction of sp³-hybridized carbons (Fsp3) is 0.652. The Morgan fingerprint density at radius 3 is 2.44 bits per heavy atom. The molecule has 3 rings (SSSR count). The number of nitrogens with one attached hydrogen (secondary N) is 1. The summed E-state index contributed by atoms with van der Waals surface area (Å²) in [6, 6.07) is 3.19. The fourth-order valence-electron chi connectivity index (χ4n) is 4.85. The van der Waals surface area contributed by atoms with Crippen molar-refractivity contribution < 1.29 is 27.2 Å². The van der Waals surface area contributed by atoms with Gasteiger partial charge in [-0.3, -0.25) is 9.59 Å². The summed E-state index contributed by atoms with van der Waals surface area (Å²) in [7, 11) is 1.50. The van der Waals surface area contributed by atoms with Gasteiger partial charge in [-0.2, -0.15) is 13.2 Å². The Labute approximate surface area is 186 Å². The number of carbonyl (C=O) groups excluding carboxylic acids is 2. The van der Waals surface area contributed by atoms with Crippen LogP contribution in [0.25, 0.3) is 0 Å². The Morgan fingerprint density at radius 1 is 1.19 bits per heavy atom. The van der Waals surface area contributed by atoms with Gasteiger partial charge in [0, 0.05) is 39.1 Å². The largest absolute Gasteiger partial charge is 0.419 e. The topological polar surface area (TPSA) is 52.7 Å². The van der Waals surface area contributed by atoms with Crippen LogP contribution in [0.5, 0.6) is 0 Å². The number of hydrogen-bond donors (Lipinski definition) is 1. The molecule has 1 aromatic rings. The van der Waals surface area contributed by atoms with Crippen molar-refractivity contribution in [1.82, 2.24) is 15.1 Å². The molecule has 2 fully saturated rings. The molecule has 2 heterocycles. The number of amides is 2. The molecule has 0 aliphatic carbocycles. The Morgan fingerprint density at radius 2 is 1.88 bits per heavy atom. The Kier molecular flexibility index (Phi) is 7.47. The van der Waals surface area contributed by atoms with Crippen molar-refractivity contribution in [3.05, 3.63) is 35.1 Å². The third-order valence-corrected chi connectivity index (χ3v) is 6.79. The number of nitrogens with zero attached hydrogens (tertiary/aromatic N) is 2. The average Bonchev–Trinajstić information content (AvgIpc) is 3.18. The van der Waals surface area contributed by atoms with Crippen LogP contribution in [0.15, 0.2) is 18.2 Å². The minimum absolute atomic E-state index is 0.0782. The zero-order chi connectivity index (χ0) is 23.5. The molecule has 2 saturated heterocycles. The Bertz CT molecular complexity index is 837. The highest BCUT2D eigenvalue weighted by Gasteiger charge is 2.37. The molecule has 32 heavy (non-hydrogen) atoms. The van der Waals surface area contributed by atoms with E-state index in [0.717, 1.165) is 51.0 Å². The molecule has 0 bridgehead atoms. The maximum atomic E-state index is 13.7. The van der Waals surface area contributed by atoms with Gasteiger partial charge in [0.1, 0.15) is 5.82 Å². The second-order valence-electron chi connectivity index (χ2n) is 9.14. The molecule has 2 aliphatic rings. The van der Waals surface area contributed by atoms with E-state index in [-0.39, 0.29) is 29.8 Å². The van der Waals surface area contributed by atoms with Gasteiger partial charge in [-0.15, -0.1) is 0 Å². The van der Waals surface area contributed by atoms with Crippen LogP contribution < -0.4 is 5.32 Å². The third kappa shape index (κ3) is 5.60. The maximum absolute atomic E-state index is 13.7. The summed E-state index contributed by atoms with van der Waals surface area (Å²) in [6.07, 6.45) is -0.935. The Hall–Kier alpha value is -2.16. The highest BCUT2D eigenvalue weighted by molar-refractivity contribution is 5.82. The van der Waals surface area contributed by atoms with Gasteiger partial charge in [-0.1, -0.05) is 13.0 Å². The molecule has 2 amide bonds. The molecule has 1 N–H and O–H groups in total. The monoisotopic (exact) mass is 457 g/mol. The van der Waals surface area contributed by atoms with Gasteiger partial charge in [-0.25, -0.2) is 4.39 Å². The number of carbonyl (C=O) groups is 2. The van der Waals surface area contributed by atoms with Crippen LogP contribution in [0.3, 0.4) is 0 Å². The van der Waals surface area contributed by atoms with Gasteiger partial charge in [0.25, 0.3) is 0 Å². The lowest BCUT2D eigenvalue weighted by atomic mass is 9.79. The molecule has 0 radical (unpaired) electrons. The lowest BCUT2D eigenvalue weighted by molar-refractivity contribution is -0.140. The first kappa shape index (κ1) is 24.5. The van der Waals surface area contributed by atoms with Crippen LogP contribution in [0.1, 0.15) is 50.2 Å². The molecule has 0 saturated carbocycles. The van der Waals surface area contributed by atoms with Crippen LogP contribution in [0, 0.1) is 11.2 Å².